The lowest BCUT2D eigenvalue weighted by Gasteiger charge is -2.48. The second-order valence-corrected chi connectivity index (χ2v) is 14.8. The molecule has 7 rings (SSSR count). The number of aromatic nitrogens is 2. The Hall–Kier alpha value is -7.07. The average molecular weight is 882 g/mol. The van der Waals surface area contributed by atoms with Gasteiger partial charge in [-0.1, -0.05) is 0 Å². The lowest BCUT2D eigenvalue weighted by molar-refractivity contribution is -0.138. The van der Waals surface area contributed by atoms with Gasteiger partial charge in [-0.3, -0.25) is 29.0 Å². The maximum atomic E-state index is 16.5. The monoisotopic (exact) mass is 881 g/mol. The van der Waals surface area contributed by atoms with E-state index in [4.69, 9.17) is 17.5 Å². The van der Waals surface area contributed by atoms with Crippen molar-refractivity contribution < 1.29 is 54.3 Å². The molecule has 1 aliphatic heterocycles. The summed E-state index contributed by atoms with van der Waals surface area (Å²) in [6, 6.07) is 9.55. The number of alkyl halides is 6. The third-order valence-corrected chi connectivity index (χ3v) is 11.4. The van der Waals surface area contributed by atoms with Crippen LogP contribution in [-0.4, -0.2) is 56.8 Å². The molecule has 1 saturated heterocycles. The summed E-state index contributed by atoms with van der Waals surface area (Å²) in [4.78, 5) is 65.0. The minimum absolute atomic E-state index is 0.102. The molecule has 13 nitrogen and oxygen atoms in total. The SMILES string of the molecule is CNC(=O)c1ccc(N(C(=O)c2ccc(N3C(=S)N(c4cnc(C#N)c(C(F)(F)F)c4)C(=O)C34CCC4)cc2F)C2(C(=O)Nc3cnc(C#N)c(C(F)(F)F)c3)CCC2)cc1F. The lowest BCUT2D eigenvalue weighted by atomic mass is 9.73. The van der Waals surface area contributed by atoms with Crippen molar-refractivity contribution in [2.45, 2.75) is 62.0 Å². The van der Waals surface area contributed by atoms with Gasteiger partial charge in [0, 0.05) is 18.4 Å². The Morgan fingerprint density at radius 2 is 1.39 bits per heavy atom. The van der Waals surface area contributed by atoms with Crippen LogP contribution in [0.1, 0.15) is 81.8 Å². The summed E-state index contributed by atoms with van der Waals surface area (Å²) in [6.45, 7) is 0. The number of rotatable bonds is 8. The van der Waals surface area contributed by atoms with Gasteiger partial charge >= 0.3 is 12.4 Å². The zero-order chi connectivity index (χ0) is 45.1. The summed E-state index contributed by atoms with van der Waals surface area (Å²) in [5.74, 6) is -6.34. The van der Waals surface area contributed by atoms with Crippen LogP contribution < -0.4 is 25.3 Å². The fraction of sp³-hybridized carbons (Fsp3) is 0.275. The van der Waals surface area contributed by atoms with Gasteiger partial charge in [0.05, 0.1) is 46.0 Å². The minimum Gasteiger partial charge on any atom is -0.355 e. The maximum absolute atomic E-state index is 16.5. The number of nitrogens with zero attached hydrogens (tertiary/aromatic N) is 7. The number of carbonyl (C=O) groups is 4. The van der Waals surface area contributed by atoms with E-state index in [9.17, 15) is 50.8 Å². The number of halogens is 8. The van der Waals surface area contributed by atoms with Crippen molar-refractivity contribution in [1.29, 1.82) is 10.5 Å². The summed E-state index contributed by atoms with van der Waals surface area (Å²) in [5, 5.41) is 22.5. The van der Waals surface area contributed by atoms with Crippen molar-refractivity contribution in [1.82, 2.24) is 15.3 Å². The van der Waals surface area contributed by atoms with Crippen molar-refractivity contribution >= 4 is 63.7 Å². The molecule has 0 atom stereocenters. The standard InChI is InChI=1S/C40H27F8N9O4S/c1-51-32(58)24-6-4-21(14-28(24)41)56(37(8-2-9-37)34(60)54-20-12-26(39(43,44)45)30(16-49)52-18-20)33(59)25-7-5-22(15-29(25)42)57-36(62)55(35(61)38(57)10-3-11-38)23-13-27(40(46,47)48)31(17-50)53-19-23/h4-7,12-15,18-19H,2-3,8-11H2,1H3,(H,51,58)(H,54,60). The summed E-state index contributed by atoms with van der Waals surface area (Å²) in [5.41, 5.74) is -10.8. The van der Waals surface area contributed by atoms with E-state index >= 15 is 8.78 Å². The first-order valence-electron chi connectivity index (χ1n) is 18.3. The highest BCUT2D eigenvalue weighted by atomic mass is 32.1. The predicted octanol–water partition coefficient (Wildman–Crippen LogP) is 7.16. The molecule has 0 bridgehead atoms. The Morgan fingerprint density at radius 1 is 0.806 bits per heavy atom. The second-order valence-electron chi connectivity index (χ2n) is 14.5. The molecule has 0 radical (unpaired) electrons. The van der Waals surface area contributed by atoms with Crippen molar-refractivity contribution in [2.24, 2.45) is 0 Å². The first-order valence-corrected chi connectivity index (χ1v) is 18.7. The van der Waals surface area contributed by atoms with E-state index in [1.54, 1.807) is 0 Å². The molecule has 3 fully saturated rings. The maximum Gasteiger partial charge on any atom is 0.419 e. The molecular formula is C40H27F8N9O4S. The number of amides is 4. The molecule has 2 aliphatic carbocycles. The molecule has 2 saturated carbocycles. The Balaban J connectivity index is 1.28. The average Bonchev–Trinajstić information content (AvgIpc) is 3.43. The third kappa shape index (κ3) is 6.99. The van der Waals surface area contributed by atoms with Gasteiger partial charge in [-0.2, -0.15) is 36.9 Å². The first-order chi connectivity index (χ1) is 29.2. The van der Waals surface area contributed by atoms with Crippen LogP contribution in [0.4, 0.5) is 57.9 Å². The molecule has 3 heterocycles. The number of carbonyl (C=O) groups excluding carboxylic acids is 4. The number of thiocarbonyl (C=S) groups is 1. The lowest BCUT2D eigenvalue weighted by Crippen LogP contribution is -2.63. The van der Waals surface area contributed by atoms with E-state index in [2.05, 4.69) is 20.6 Å². The van der Waals surface area contributed by atoms with Crippen LogP contribution in [0.2, 0.25) is 0 Å². The highest BCUT2D eigenvalue weighted by Crippen LogP contribution is 2.49. The van der Waals surface area contributed by atoms with Crippen LogP contribution in [0.3, 0.4) is 0 Å². The highest BCUT2D eigenvalue weighted by Gasteiger charge is 2.60. The number of pyridine rings is 2. The van der Waals surface area contributed by atoms with E-state index in [0.717, 1.165) is 52.5 Å². The molecule has 2 aromatic heterocycles. The summed E-state index contributed by atoms with van der Waals surface area (Å²) < 4.78 is 115. The van der Waals surface area contributed by atoms with Crippen LogP contribution in [0.5, 0.6) is 0 Å². The van der Waals surface area contributed by atoms with E-state index in [-0.39, 0.29) is 48.6 Å². The number of anilines is 4. The highest BCUT2D eigenvalue weighted by molar-refractivity contribution is 7.81. The van der Waals surface area contributed by atoms with Gasteiger partial charge in [0.2, 0.25) is 0 Å². The van der Waals surface area contributed by atoms with Gasteiger partial charge in [-0.25, -0.2) is 18.7 Å². The molecule has 3 aliphatic rings. The van der Waals surface area contributed by atoms with E-state index in [1.165, 1.54) is 30.2 Å². The van der Waals surface area contributed by atoms with Crippen molar-refractivity contribution in [3.8, 4) is 12.1 Å². The normalized spacial score (nSPS) is 16.5. The molecular weight excluding hydrogens is 855 g/mol. The van der Waals surface area contributed by atoms with Gasteiger partial charge in [0.1, 0.15) is 34.9 Å². The molecule has 4 aromatic rings. The van der Waals surface area contributed by atoms with Gasteiger partial charge in [0.25, 0.3) is 23.6 Å². The largest absolute Gasteiger partial charge is 0.419 e. The molecule has 0 unspecified atom stereocenters. The molecule has 22 heteroatoms. The van der Waals surface area contributed by atoms with E-state index < -0.39 is 104 Å². The summed E-state index contributed by atoms with van der Waals surface area (Å²) in [6.07, 6.45) is -7.74. The first kappa shape index (κ1) is 43.0. The van der Waals surface area contributed by atoms with Crippen LogP contribution in [-0.2, 0) is 21.9 Å². The Morgan fingerprint density at radius 3 is 1.90 bits per heavy atom. The Kier molecular flexibility index (Phi) is 10.7. The third-order valence-electron chi connectivity index (χ3n) is 11.1. The second kappa shape index (κ2) is 15.4. The molecule has 2 aromatic carbocycles. The smallest absolute Gasteiger partial charge is 0.355 e. The molecule has 318 valence electrons. The van der Waals surface area contributed by atoms with Crippen LogP contribution in [0.25, 0.3) is 0 Å². The quantitative estimate of drug-likeness (QED) is 0.136. The molecule has 2 N–H and O–H groups in total. The zero-order valence-electron chi connectivity index (χ0n) is 31.7. The van der Waals surface area contributed by atoms with Gasteiger partial charge in [0.15, 0.2) is 16.5 Å². The minimum atomic E-state index is -5.05. The number of hydrogen-bond acceptors (Lipinski definition) is 9. The summed E-state index contributed by atoms with van der Waals surface area (Å²) in [7, 11) is 1.23. The van der Waals surface area contributed by atoms with Crippen molar-refractivity contribution in [3.05, 3.63) is 106 Å². The summed E-state index contributed by atoms with van der Waals surface area (Å²) >= 11 is 5.60. The van der Waals surface area contributed by atoms with Crippen molar-refractivity contribution in [2.75, 3.05) is 27.1 Å². The molecule has 1 spiro atoms. The number of hydrogen-bond donors (Lipinski definition) is 2. The van der Waals surface area contributed by atoms with Gasteiger partial charge < -0.3 is 15.5 Å². The van der Waals surface area contributed by atoms with E-state index in [1.807, 2.05) is 0 Å². The Labute approximate surface area is 350 Å². The van der Waals surface area contributed by atoms with Crippen LogP contribution in [0, 0.1) is 34.3 Å². The van der Waals surface area contributed by atoms with Gasteiger partial charge in [-0.15, -0.1) is 0 Å². The Bertz CT molecular complexity index is 2690. The fourth-order valence-corrected chi connectivity index (χ4v) is 8.17. The number of nitrogens with one attached hydrogen (secondary N) is 2. The fourth-order valence-electron chi connectivity index (χ4n) is 7.70. The van der Waals surface area contributed by atoms with Gasteiger partial charge in [-0.05, 0) is 99.3 Å². The predicted molar refractivity (Wildman–Crippen MR) is 205 cm³/mol. The molecule has 62 heavy (non-hydrogen) atoms. The van der Waals surface area contributed by atoms with E-state index in [0.29, 0.717) is 18.6 Å². The molecule has 4 amide bonds. The van der Waals surface area contributed by atoms with Crippen LogP contribution >= 0.6 is 12.2 Å². The number of benzene rings is 2. The van der Waals surface area contributed by atoms with Crippen LogP contribution in [0.15, 0.2) is 60.9 Å². The zero-order valence-corrected chi connectivity index (χ0v) is 32.5. The number of nitriles is 2. The van der Waals surface area contributed by atoms with Crippen molar-refractivity contribution in [3.63, 3.8) is 0 Å². The topological polar surface area (TPSA) is 175 Å².